The Kier molecular flexibility index (Phi) is 3.70. The standard InChI is InChI=1S/C11H18N2OS/c1-8(12)5-9-7-14-11(13-9)6-10-3-2-4-15-10/h7-8,10H,2-6,12H2,1H3. The zero-order valence-electron chi connectivity index (χ0n) is 9.11. The van der Waals surface area contributed by atoms with Crippen molar-refractivity contribution in [2.24, 2.45) is 5.73 Å². The predicted octanol–water partition coefficient (Wildman–Crippen LogP) is 2.00. The Morgan fingerprint density at radius 3 is 3.27 bits per heavy atom. The van der Waals surface area contributed by atoms with E-state index in [4.69, 9.17) is 10.2 Å². The summed E-state index contributed by atoms with van der Waals surface area (Å²) in [4.78, 5) is 4.45. The zero-order valence-corrected chi connectivity index (χ0v) is 9.93. The molecule has 15 heavy (non-hydrogen) atoms. The number of rotatable bonds is 4. The number of thioether (sulfide) groups is 1. The Labute approximate surface area is 94.8 Å². The van der Waals surface area contributed by atoms with Crippen molar-refractivity contribution in [3.8, 4) is 0 Å². The molecule has 1 aromatic rings. The SMILES string of the molecule is CC(N)Cc1coc(CC2CCCS2)n1. The normalized spacial score (nSPS) is 23.2. The molecule has 3 nitrogen and oxygen atoms in total. The van der Waals surface area contributed by atoms with Gasteiger partial charge in [0.15, 0.2) is 5.89 Å². The molecule has 84 valence electrons. The van der Waals surface area contributed by atoms with E-state index in [1.54, 1.807) is 6.26 Å². The predicted molar refractivity (Wildman–Crippen MR) is 63.0 cm³/mol. The van der Waals surface area contributed by atoms with Crippen molar-refractivity contribution < 1.29 is 4.42 Å². The second-order valence-electron chi connectivity index (χ2n) is 4.25. The Hall–Kier alpha value is -0.480. The largest absolute Gasteiger partial charge is 0.449 e. The monoisotopic (exact) mass is 226 g/mol. The summed E-state index contributed by atoms with van der Waals surface area (Å²) in [5.74, 6) is 2.17. The van der Waals surface area contributed by atoms with Crippen LogP contribution in [0.15, 0.2) is 10.7 Å². The van der Waals surface area contributed by atoms with Gasteiger partial charge >= 0.3 is 0 Å². The van der Waals surface area contributed by atoms with E-state index in [9.17, 15) is 0 Å². The molecule has 0 aliphatic carbocycles. The molecule has 1 saturated heterocycles. The summed E-state index contributed by atoms with van der Waals surface area (Å²) >= 11 is 2.04. The molecule has 2 heterocycles. The van der Waals surface area contributed by atoms with E-state index in [0.717, 1.165) is 24.4 Å². The number of oxazole rings is 1. The van der Waals surface area contributed by atoms with Gasteiger partial charge in [0.2, 0.25) is 0 Å². The fourth-order valence-electron chi connectivity index (χ4n) is 1.87. The van der Waals surface area contributed by atoms with Crippen LogP contribution in [-0.4, -0.2) is 22.0 Å². The van der Waals surface area contributed by atoms with Crippen molar-refractivity contribution in [3.63, 3.8) is 0 Å². The maximum absolute atomic E-state index is 5.71. The summed E-state index contributed by atoms with van der Waals surface area (Å²) in [5.41, 5.74) is 6.70. The highest BCUT2D eigenvalue weighted by Gasteiger charge is 2.18. The molecule has 0 bridgehead atoms. The van der Waals surface area contributed by atoms with E-state index >= 15 is 0 Å². The van der Waals surface area contributed by atoms with Crippen molar-refractivity contribution in [3.05, 3.63) is 17.8 Å². The van der Waals surface area contributed by atoms with Gasteiger partial charge in [-0.3, -0.25) is 0 Å². The maximum Gasteiger partial charge on any atom is 0.195 e. The molecular formula is C11H18N2OS. The van der Waals surface area contributed by atoms with Gasteiger partial charge in [-0.2, -0.15) is 11.8 Å². The van der Waals surface area contributed by atoms with Gasteiger partial charge in [0, 0.05) is 24.1 Å². The van der Waals surface area contributed by atoms with Gasteiger partial charge in [0.1, 0.15) is 6.26 Å². The molecule has 1 aromatic heterocycles. The minimum absolute atomic E-state index is 0.156. The smallest absolute Gasteiger partial charge is 0.195 e. The summed E-state index contributed by atoms with van der Waals surface area (Å²) in [5, 5.41) is 0.715. The van der Waals surface area contributed by atoms with Crippen LogP contribution in [0.2, 0.25) is 0 Å². The summed E-state index contributed by atoms with van der Waals surface area (Å²) in [6.07, 6.45) is 6.17. The van der Waals surface area contributed by atoms with E-state index < -0.39 is 0 Å². The van der Waals surface area contributed by atoms with Crippen LogP contribution in [0.3, 0.4) is 0 Å². The van der Waals surface area contributed by atoms with Gasteiger partial charge in [-0.05, 0) is 25.5 Å². The lowest BCUT2D eigenvalue weighted by atomic mass is 10.2. The molecule has 0 spiro atoms. The number of nitrogens with zero attached hydrogens (tertiary/aromatic N) is 1. The van der Waals surface area contributed by atoms with Crippen LogP contribution >= 0.6 is 11.8 Å². The first kappa shape index (κ1) is 11.0. The lowest BCUT2D eigenvalue weighted by molar-refractivity contribution is 0.487. The van der Waals surface area contributed by atoms with E-state index in [1.807, 2.05) is 18.7 Å². The summed E-state index contributed by atoms with van der Waals surface area (Å²) in [6, 6.07) is 0.156. The highest BCUT2D eigenvalue weighted by Crippen LogP contribution is 2.28. The molecule has 2 N–H and O–H groups in total. The lowest BCUT2D eigenvalue weighted by Gasteiger charge is -2.03. The molecule has 0 amide bonds. The average molecular weight is 226 g/mol. The van der Waals surface area contributed by atoms with Gasteiger partial charge in [0.05, 0.1) is 5.69 Å². The maximum atomic E-state index is 5.71. The van der Waals surface area contributed by atoms with E-state index in [2.05, 4.69) is 4.98 Å². The molecule has 4 heteroatoms. The molecule has 2 rings (SSSR count). The molecule has 1 aliphatic rings. The summed E-state index contributed by atoms with van der Waals surface area (Å²) in [7, 11) is 0. The van der Waals surface area contributed by atoms with Crippen molar-refractivity contribution in [2.75, 3.05) is 5.75 Å². The number of nitrogens with two attached hydrogens (primary N) is 1. The van der Waals surface area contributed by atoms with Crippen LogP contribution < -0.4 is 5.73 Å². The molecule has 2 unspecified atom stereocenters. The second-order valence-corrected chi connectivity index (χ2v) is 5.66. The van der Waals surface area contributed by atoms with Crippen LogP contribution in [0.4, 0.5) is 0 Å². The van der Waals surface area contributed by atoms with Gasteiger partial charge in [-0.1, -0.05) is 0 Å². The Balaban J connectivity index is 1.88. The van der Waals surface area contributed by atoms with E-state index in [1.165, 1.54) is 18.6 Å². The molecule has 0 aromatic carbocycles. The summed E-state index contributed by atoms with van der Waals surface area (Å²) < 4.78 is 5.45. The zero-order chi connectivity index (χ0) is 10.7. The van der Waals surface area contributed by atoms with Crippen molar-refractivity contribution >= 4 is 11.8 Å². The second kappa shape index (κ2) is 5.03. The van der Waals surface area contributed by atoms with E-state index in [0.29, 0.717) is 5.25 Å². The molecule has 1 aliphatic heterocycles. The first-order valence-electron chi connectivity index (χ1n) is 5.54. The third kappa shape index (κ3) is 3.24. The van der Waals surface area contributed by atoms with Crippen molar-refractivity contribution in [1.82, 2.24) is 4.98 Å². The fraction of sp³-hybridized carbons (Fsp3) is 0.727. The Bertz CT molecular complexity index is 305. The minimum Gasteiger partial charge on any atom is -0.449 e. The molecule has 0 saturated carbocycles. The molecule has 2 atom stereocenters. The van der Waals surface area contributed by atoms with Gasteiger partial charge in [-0.15, -0.1) is 0 Å². The van der Waals surface area contributed by atoms with Crippen molar-refractivity contribution in [2.45, 2.75) is 43.9 Å². The lowest BCUT2D eigenvalue weighted by Crippen LogP contribution is -2.18. The summed E-state index contributed by atoms with van der Waals surface area (Å²) in [6.45, 7) is 1.99. The quantitative estimate of drug-likeness (QED) is 0.853. The van der Waals surface area contributed by atoms with Gasteiger partial charge in [-0.25, -0.2) is 4.98 Å². The Morgan fingerprint density at radius 1 is 1.73 bits per heavy atom. The topological polar surface area (TPSA) is 52.0 Å². The van der Waals surface area contributed by atoms with Crippen LogP contribution in [0.25, 0.3) is 0 Å². The fourth-order valence-corrected chi connectivity index (χ4v) is 3.13. The first-order valence-corrected chi connectivity index (χ1v) is 6.59. The minimum atomic E-state index is 0.156. The highest BCUT2D eigenvalue weighted by molar-refractivity contribution is 8.00. The van der Waals surface area contributed by atoms with Crippen LogP contribution in [-0.2, 0) is 12.8 Å². The molecular weight excluding hydrogens is 208 g/mol. The third-order valence-corrected chi connectivity index (χ3v) is 3.95. The number of hydrogen-bond donors (Lipinski definition) is 1. The number of aromatic nitrogens is 1. The van der Waals surface area contributed by atoms with Crippen LogP contribution in [0.5, 0.6) is 0 Å². The van der Waals surface area contributed by atoms with Crippen molar-refractivity contribution in [1.29, 1.82) is 0 Å². The average Bonchev–Trinajstić information content (AvgIpc) is 2.77. The number of hydrogen-bond acceptors (Lipinski definition) is 4. The highest BCUT2D eigenvalue weighted by atomic mass is 32.2. The third-order valence-electron chi connectivity index (χ3n) is 2.56. The Morgan fingerprint density at radius 2 is 2.60 bits per heavy atom. The first-order chi connectivity index (χ1) is 7.24. The van der Waals surface area contributed by atoms with Gasteiger partial charge in [0.25, 0.3) is 0 Å². The van der Waals surface area contributed by atoms with Crippen LogP contribution in [0, 0.1) is 0 Å². The van der Waals surface area contributed by atoms with Crippen LogP contribution in [0.1, 0.15) is 31.4 Å². The molecule has 0 radical (unpaired) electrons. The van der Waals surface area contributed by atoms with E-state index in [-0.39, 0.29) is 6.04 Å². The molecule has 1 fully saturated rings. The van der Waals surface area contributed by atoms with Gasteiger partial charge < -0.3 is 10.2 Å².